The van der Waals surface area contributed by atoms with Gasteiger partial charge in [0.15, 0.2) is 0 Å². The first-order valence-corrected chi connectivity index (χ1v) is 7.29. The van der Waals surface area contributed by atoms with E-state index in [0.29, 0.717) is 6.04 Å². The Labute approximate surface area is 116 Å². The third-order valence-corrected chi connectivity index (χ3v) is 3.72. The SMILES string of the molecule is Cc1cccc(CCN(C)CCC2COCCN2)c1. The molecule has 1 aliphatic rings. The maximum absolute atomic E-state index is 5.48. The van der Waals surface area contributed by atoms with Crippen LogP contribution in [0.4, 0.5) is 0 Å². The average molecular weight is 262 g/mol. The molecule has 0 radical (unpaired) electrons. The van der Waals surface area contributed by atoms with Gasteiger partial charge >= 0.3 is 0 Å². The first-order valence-electron chi connectivity index (χ1n) is 7.29. The minimum atomic E-state index is 0.537. The number of likely N-dealkylation sites (N-methyl/N-ethyl adjacent to an activating group) is 1. The smallest absolute Gasteiger partial charge is 0.0620 e. The van der Waals surface area contributed by atoms with E-state index in [2.05, 4.69) is 48.5 Å². The van der Waals surface area contributed by atoms with E-state index in [4.69, 9.17) is 4.74 Å². The molecule has 1 N–H and O–H groups in total. The van der Waals surface area contributed by atoms with Crippen molar-refractivity contribution in [2.24, 2.45) is 0 Å². The Morgan fingerprint density at radius 3 is 3.00 bits per heavy atom. The topological polar surface area (TPSA) is 24.5 Å². The number of rotatable bonds is 6. The first kappa shape index (κ1) is 14.5. The Balaban J connectivity index is 1.65. The summed E-state index contributed by atoms with van der Waals surface area (Å²) in [7, 11) is 2.21. The van der Waals surface area contributed by atoms with Crippen LogP contribution in [-0.4, -0.2) is 50.8 Å². The lowest BCUT2D eigenvalue weighted by Gasteiger charge is -2.26. The van der Waals surface area contributed by atoms with Crippen molar-refractivity contribution >= 4 is 0 Å². The van der Waals surface area contributed by atoms with Gasteiger partial charge in [0.25, 0.3) is 0 Å². The van der Waals surface area contributed by atoms with Gasteiger partial charge in [0.05, 0.1) is 13.2 Å². The molecule has 1 aliphatic heterocycles. The largest absolute Gasteiger partial charge is 0.379 e. The molecular formula is C16H26N2O. The molecule has 19 heavy (non-hydrogen) atoms. The number of ether oxygens (including phenoxy) is 1. The van der Waals surface area contributed by atoms with Crippen LogP contribution in [0.3, 0.4) is 0 Å². The lowest BCUT2D eigenvalue weighted by atomic mass is 10.1. The van der Waals surface area contributed by atoms with E-state index in [9.17, 15) is 0 Å². The van der Waals surface area contributed by atoms with Gasteiger partial charge in [-0.2, -0.15) is 0 Å². The number of hydrogen-bond acceptors (Lipinski definition) is 3. The molecule has 1 fully saturated rings. The van der Waals surface area contributed by atoms with Gasteiger partial charge in [0, 0.05) is 19.1 Å². The normalized spacial score (nSPS) is 19.8. The maximum Gasteiger partial charge on any atom is 0.0620 e. The first-order chi connectivity index (χ1) is 9.24. The molecule has 0 amide bonds. The molecule has 106 valence electrons. The van der Waals surface area contributed by atoms with Gasteiger partial charge < -0.3 is 15.0 Å². The second kappa shape index (κ2) is 7.63. The van der Waals surface area contributed by atoms with Crippen molar-refractivity contribution in [3.63, 3.8) is 0 Å². The fraction of sp³-hybridized carbons (Fsp3) is 0.625. The van der Waals surface area contributed by atoms with Gasteiger partial charge in [-0.3, -0.25) is 0 Å². The van der Waals surface area contributed by atoms with Gasteiger partial charge in [-0.05, 0) is 38.9 Å². The van der Waals surface area contributed by atoms with Crippen molar-refractivity contribution in [1.29, 1.82) is 0 Å². The zero-order chi connectivity index (χ0) is 13.5. The number of morpholine rings is 1. The van der Waals surface area contributed by atoms with Crippen molar-refractivity contribution in [3.8, 4) is 0 Å². The molecule has 1 saturated heterocycles. The third-order valence-electron chi connectivity index (χ3n) is 3.72. The van der Waals surface area contributed by atoms with Crippen LogP contribution < -0.4 is 5.32 Å². The molecule has 1 aromatic rings. The Kier molecular flexibility index (Phi) is 5.83. The van der Waals surface area contributed by atoms with Gasteiger partial charge in [-0.1, -0.05) is 29.8 Å². The second-order valence-corrected chi connectivity index (χ2v) is 5.56. The minimum Gasteiger partial charge on any atom is -0.379 e. The van der Waals surface area contributed by atoms with E-state index >= 15 is 0 Å². The fourth-order valence-corrected chi connectivity index (χ4v) is 2.48. The highest BCUT2D eigenvalue weighted by Gasteiger charge is 2.13. The molecule has 0 spiro atoms. The highest BCUT2D eigenvalue weighted by Crippen LogP contribution is 2.06. The molecule has 3 nitrogen and oxygen atoms in total. The third kappa shape index (κ3) is 5.31. The molecule has 1 heterocycles. The van der Waals surface area contributed by atoms with E-state index in [0.717, 1.165) is 39.3 Å². The van der Waals surface area contributed by atoms with E-state index in [-0.39, 0.29) is 0 Å². The Morgan fingerprint density at radius 2 is 2.26 bits per heavy atom. The van der Waals surface area contributed by atoms with Crippen LogP contribution >= 0.6 is 0 Å². The molecule has 3 heteroatoms. The van der Waals surface area contributed by atoms with Crippen LogP contribution in [0.5, 0.6) is 0 Å². The van der Waals surface area contributed by atoms with E-state index in [1.165, 1.54) is 17.5 Å². The Morgan fingerprint density at radius 1 is 1.37 bits per heavy atom. The summed E-state index contributed by atoms with van der Waals surface area (Å²) in [6, 6.07) is 9.34. The van der Waals surface area contributed by atoms with Crippen molar-refractivity contribution in [1.82, 2.24) is 10.2 Å². The Bertz CT molecular complexity index is 375. The summed E-state index contributed by atoms with van der Waals surface area (Å²) in [6.07, 6.45) is 2.30. The highest BCUT2D eigenvalue weighted by molar-refractivity contribution is 5.22. The Hall–Kier alpha value is -0.900. The summed E-state index contributed by atoms with van der Waals surface area (Å²) in [6.45, 7) is 7.13. The summed E-state index contributed by atoms with van der Waals surface area (Å²) in [4.78, 5) is 2.42. The standard InChI is InChI=1S/C16H26N2O/c1-14-4-3-5-15(12-14)6-9-18(2)10-7-16-13-19-11-8-17-16/h3-5,12,16-17H,6-11,13H2,1-2H3. The number of hydrogen-bond donors (Lipinski definition) is 1. The molecule has 1 aromatic carbocycles. The summed E-state index contributed by atoms with van der Waals surface area (Å²) >= 11 is 0. The molecule has 1 unspecified atom stereocenters. The average Bonchev–Trinajstić information content (AvgIpc) is 2.44. The quantitative estimate of drug-likeness (QED) is 0.847. The maximum atomic E-state index is 5.48. The number of nitrogens with zero attached hydrogens (tertiary/aromatic N) is 1. The zero-order valence-electron chi connectivity index (χ0n) is 12.2. The van der Waals surface area contributed by atoms with Crippen molar-refractivity contribution in [3.05, 3.63) is 35.4 Å². The van der Waals surface area contributed by atoms with Crippen LogP contribution in [0.15, 0.2) is 24.3 Å². The minimum absolute atomic E-state index is 0.537. The summed E-state index contributed by atoms with van der Waals surface area (Å²) in [5, 5.41) is 3.50. The van der Waals surface area contributed by atoms with Crippen molar-refractivity contribution in [2.45, 2.75) is 25.8 Å². The van der Waals surface area contributed by atoms with Crippen LogP contribution in [0, 0.1) is 6.92 Å². The molecule has 0 bridgehead atoms. The predicted molar refractivity (Wildman–Crippen MR) is 79.6 cm³/mol. The highest BCUT2D eigenvalue weighted by atomic mass is 16.5. The van der Waals surface area contributed by atoms with Crippen LogP contribution in [0.1, 0.15) is 17.5 Å². The molecular weight excluding hydrogens is 236 g/mol. The molecule has 0 aliphatic carbocycles. The van der Waals surface area contributed by atoms with Gasteiger partial charge in [0.2, 0.25) is 0 Å². The molecule has 0 saturated carbocycles. The van der Waals surface area contributed by atoms with Gasteiger partial charge in [0.1, 0.15) is 0 Å². The summed E-state index contributed by atoms with van der Waals surface area (Å²) in [5.74, 6) is 0. The number of benzene rings is 1. The molecule has 0 aromatic heterocycles. The summed E-state index contributed by atoms with van der Waals surface area (Å²) < 4.78 is 5.48. The lowest BCUT2D eigenvalue weighted by Crippen LogP contribution is -2.43. The summed E-state index contributed by atoms with van der Waals surface area (Å²) in [5.41, 5.74) is 2.79. The zero-order valence-corrected chi connectivity index (χ0v) is 12.2. The monoisotopic (exact) mass is 262 g/mol. The molecule has 2 rings (SSSR count). The fourth-order valence-electron chi connectivity index (χ4n) is 2.48. The van der Waals surface area contributed by atoms with Crippen LogP contribution in [0.25, 0.3) is 0 Å². The van der Waals surface area contributed by atoms with Crippen molar-refractivity contribution < 1.29 is 4.74 Å². The van der Waals surface area contributed by atoms with Crippen molar-refractivity contribution in [2.75, 3.05) is 39.9 Å². The van der Waals surface area contributed by atoms with E-state index in [1.54, 1.807) is 0 Å². The van der Waals surface area contributed by atoms with Gasteiger partial charge in [-0.25, -0.2) is 0 Å². The van der Waals surface area contributed by atoms with E-state index < -0.39 is 0 Å². The second-order valence-electron chi connectivity index (χ2n) is 5.56. The van der Waals surface area contributed by atoms with Crippen LogP contribution in [0.2, 0.25) is 0 Å². The number of nitrogens with one attached hydrogen (secondary N) is 1. The predicted octanol–water partition coefficient (Wildman–Crippen LogP) is 1.85. The number of aryl methyl sites for hydroxylation is 1. The van der Waals surface area contributed by atoms with E-state index in [1.807, 2.05) is 0 Å². The molecule has 1 atom stereocenters. The van der Waals surface area contributed by atoms with Crippen LogP contribution in [-0.2, 0) is 11.2 Å². The lowest BCUT2D eigenvalue weighted by molar-refractivity contribution is 0.0711. The van der Waals surface area contributed by atoms with Gasteiger partial charge in [-0.15, -0.1) is 0 Å².